The second kappa shape index (κ2) is 7.31. The molecule has 2 unspecified atom stereocenters. The van der Waals surface area contributed by atoms with Crippen LogP contribution in [-0.2, 0) is 11.3 Å². The summed E-state index contributed by atoms with van der Waals surface area (Å²) in [6.07, 6.45) is 8.28. The topological polar surface area (TPSA) is 52.7 Å². The molecule has 5 nitrogen and oxygen atoms in total. The van der Waals surface area contributed by atoms with E-state index < -0.39 is 17.7 Å². The highest BCUT2D eigenvalue weighted by Crippen LogP contribution is 2.41. The Bertz CT molecular complexity index is 983. The van der Waals surface area contributed by atoms with E-state index in [0.717, 1.165) is 23.6 Å². The van der Waals surface area contributed by atoms with Crippen molar-refractivity contribution in [3.05, 3.63) is 77.9 Å². The lowest BCUT2D eigenvalue weighted by Gasteiger charge is -2.32. The third-order valence-electron chi connectivity index (χ3n) is 5.73. The molecule has 1 aliphatic carbocycles. The van der Waals surface area contributed by atoms with Crippen LogP contribution in [0.1, 0.15) is 12.0 Å². The van der Waals surface area contributed by atoms with Crippen molar-refractivity contribution in [1.82, 2.24) is 9.80 Å². The normalized spacial score (nSPS) is 22.9. The van der Waals surface area contributed by atoms with E-state index in [1.54, 1.807) is 17.1 Å². The van der Waals surface area contributed by atoms with Crippen LogP contribution in [0.5, 0.6) is 0 Å². The van der Waals surface area contributed by atoms with E-state index in [0.29, 0.717) is 6.54 Å². The summed E-state index contributed by atoms with van der Waals surface area (Å²) >= 11 is 0. The fourth-order valence-electron chi connectivity index (χ4n) is 4.32. The molecule has 3 aliphatic rings. The van der Waals surface area contributed by atoms with Gasteiger partial charge in [-0.3, -0.25) is 4.79 Å². The van der Waals surface area contributed by atoms with E-state index in [1.165, 1.54) is 11.0 Å². The molecule has 0 radical (unpaired) electrons. The molecule has 0 aromatic heterocycles. The maximum Gasteiger partial charge on any atom is 0.322 e. The summed E-state index contributed by atoms with van der Waals surface area (Å²) in [6.45, 7) is 7.77. The highest BCUT2D eigenvalue weighted by atomic mass is 19.2. The number of anilines is 1. The first kappa shape index (κ1) is 19.1. The number of nitrogens with zero attached hydrogens (tertiary/aromatic N) is 2. The minimum atomic E-state index is -1.00. The monoisotopic (exact) mass is 397 g/mol. The zero-order valence-electron chi connectivity index (χ0n) is 15.8. The Morgan fingerprint density at radius 3 is 2.76 bits per heavy atom. The standard InChI is InChI=1S/C22H21F2N3O2/c1-3-5-13(4-2)16-9-15-8-14(16)10-27(15)20(28)12-26-11-17-19(25-22(26)29)7-6-18(23)21(17)24/h3-7,9,14-15H,1-2,8,10-12H2,(H,25,29)/b13-5+. The first-order valence-electron chi connectivity index (χ1n) is 9.42. The van der Waals surface area contributed by atoms with Crippen molar-refractivity contribution in [2.45, 2.75) is 19.0 Å². The number of nitrogens with one attached hydrogen (secondary N) is 1. The molecule has 4 rings (SSSR count). The van der Waals surface area contributed by atoms with Crippen molar-refractivity contribution in [2.24, 2.45) is 5.92 Å². The van der Waals surface area contributed by atoms with Gasteiger partial charge in [-0.1, -0.05) is 37.5 Å². The number of allylic oxidation sites excluding steroid dienone is 4. The number of hydrogen-bond donors (Lipinski definition) is 1. The quantitative estimate of drug-likeness (QED) is 0.769. The van der Waals surface area contributed by atoms with Gasteiger partial charge in [0.15, 0.2) is 11.6 Å². The molecule has 0 spiro atoms. The van der Waals surface area contributed by atoms with Crippen LogP contribution in [0.2, 0.25) is 0 Å². The molecule has 2 aliphatic heterocycles. The van der Waals surface area contributed by atoms with E-state index in [-0.39, 0.29) is 42.2 Å². The Morgan fingerprint density at radius 2 is 2.10 bits per heavy atom. The number of carbonyl (C=O) groups excluding carboxylic acids is 2. The van der Waals surface area contributed by atoms with Gasteiger partial charge in [-0.15, -0.1) is 0 Å². The average Bonchev–Trinajstić information content (AvgIpc) is 3.31. The highest BCUT2D eigenvalue weighted by molar-refractivity contribution is 5.95. The largest absolute Gasteiger partial charge is 0.334 e. The van der Waals surface area contributed by atoms with E-state index in [1.807, 2.05) is 6.08 Å². The maximum atomic E-state index is 14.1. The van der Waals surface area contributed by atoms with Gasteiger partial charge >= 0.3 is 6.03 Å². The lowest BCUT2D eigenvalue weighted by atomic mass is 9.95. The third kappa shape index (κ3) is 3.26. The lowest BCUT2D eigenvalue weighted by Crippen LogP contribution is -2.47. The maximum absolute atomic E-state index is 14.1. The smallest absolute Gasteiger partial charge is 0.322 e. The number of hydrogen-bond acceptors (Lipinski definition) is 2. The van der Waals surface area contributed by atoms with E-state index in [2.05, 4.69) is 24.6 Å². The number of amides is 3. The summed E-state index contributed by atoms with van der Waals surface area (Å²) in [7, 11) is 0. The van der Waals surface area contributed by atoms with Crippen molar-refractivity contribution in [1.29, 1.82) is 0 Å². The number of urea groups is 1. The summed E-state index contributed by atoms with van der Waals surface area (Å²) in [5.41, 5.74) is 2.45. The Morgan fingerprint density at radius 1 is 1.31 bits per heavy atom. The molecule has 1 N–H and O–H groups in total. The van der Waals surface area contributed by atoms with Crippen LogP contribution in [0.3, 0.4) is 0 Å². The molecule has 1 aromatic carbocycles. The molecule has 1 fully saturated rings. The van der Waals surface area contributed by atoms with E-state index >= 15 is 0 Å². The summed E-state index contributed by atoms with van der Waals surface area (Å²) < 4.78 is 27.6. The molecule has 3 amide bonds. The van der Waals surface area contributed by atoms with Crippen LogP contribution in [-0.4, -0.2) is 40.9 Å². The Labute approximate surface area is 167 Å². The van der Waals surface area contributed by atoms with Crippen molar-refractivity contribution in [3.63, 3.8) is 0 Å². The van der Waals surface area contributed by atoms with Crippen molar-refractivity contribution < 1.29 is 18.4 Å². The predicted molar refractivity (Wildman–Crippen MR) is 106 cm³/mol. The van der Waals surface area contributed by atoms with E-state index in [9.17, 15) is 18.4 Å². The van der Waals surface area contributed by atoms with Gasteiger partial charge < -0.3 is 15.1 Å². The van der Waals surface area contributed by atoms with Crippen molar-refractivity contribution in [2.75, 3.05) is 18.4 Å². The molecular formula is C22H21F2N3O2. The highest BCUT2D eigenvalue weighted by Gasteiger charge is 2.42. The Balaban J connectivity index is 1.47. The summed E-state index contributed by atoms with van der Waals surface area (Å²) in [5, 5.41) is 2.52. The minimum absolute atomic E-state index is 0.0371. The van der Waals surface area contributed by atoms with Crippen LogP contribution in [0, 0.1) is 17.6 Å². The average molecular weight is 397 g/mol. The Kier molecular flexibility index (Phi) is 4.82. The van der Waals surface area contributed by atoms with Crippen molar-refractivity contribution >= 4 is 17.6 Å². The number of halogens is 2. The van der Waals surface area contributed by atoms with Gasteiger partial charge in [-0.2, -0.15) is 0 Å². The summed E-state index contributed by atoms with van der Waals surface area (Å²) in [5.74, 6) is -1.98. The molecule has 1 aromatic rings. The molecule has 0 saturated carbocycles. The van der Waals surface area contributed by atoms with Gasteiger partial charge in [0.1, 0.15) is 6.54 Å². The van der Waals surface area contributed by atoms with Crippen molar-refractivity contribution in [3.8, 4) is 0 Å². The molecule has 2 heterocycles. The van der Waals surface area contributed by atoms with Gasteiger partial charge in [0.05, 0.1) is 18.3 Å². The lowest BCUT2D eigenvalue weighted by molar-refractivity contribution is -0.132. The molecule has 1 saturated heterocycles. The number of benzene rings is 1. The summed E-state index contributed by atoms with van der Waals surface area (Å²) in [4.78, 5) is 28.1. The minimum Gasteiger partial charge on any atom is -0.334 e. The second-order valence-electron chi connectivity index (χ2n) is 7.40. The number of fused-ring (bicyclic) bond motifs is 3. The molecule has 150 valence electrons. The van der Waals surface area contributed by atoms with Crippen LogP contribution < -0.4 is 5.32 Å². The molecular weight excluding hydrogens is 376 g/mol. The van der Waals surface area contributed by atoms with Crippen LogP contribution >= 0.6 is 0 Å². The fourth-order valence-corrected chi connectivity index (χ4v) is 4.32. The number of likely N-dealkylation sites (tertiary alicyclic amines) is 1. The zero-order chi connectivity index (χ0) is 20.7. The van der Waals surface area contributed by atoms with Gasteiger partial charge in [0.25, 0.3) is 0 Å². The number of carbonyl (C=O) groups is 2. The second-order valence-corrected chi connectivity index (χ2v) is 7.40. The van der Waals surface area contributed by atoms with Gasteiger partial charge in [0, 0.05) is 18.0 Å². The van der Waals surface area contributed by atoms with Gasteiger partial charge in [-0.05, 0) is 29.7 Å². The SMILES string of the molecule is C=C/C=C(\C=C)C1=CC2CC1CN2C(=O)CN1Cc2c(ccc(F)c2F)NC1=O. The Hall–Kier alpha value is -3.22. The first-order valence-corrected chi connectivity index (χ1v) is 9.42. The van der Waals surface area contributed by atoms with Crippen LogP contribution in [0.4, 0.5) is 19.3 Å². The molecule has 2 atom stereocenters. The van der Waals surface area contributed by atoms with Gasteiger partial charge in [-0.25, -0.2) is 13.6 Å². The van der Waals surface area contributed by atoms with Crippen LogP contribution in [0.15, 0.2) is 60.7 Å². The summed E-state index contributed by atoms with van der Waals surface area (Å²) in [6, 6.07) is 1.76. The predicted octanol–water partition coefficient (Wildman–Crippen LogP) is 3.77. The molecule has 7 heteroatoms. The van der Waals surface area contributed by atoms with E-state index in [4.69, 9.17) is 0 Å². The first-order chi connectivity index (χ1) is 13.9. The van der Waals surface area contributed by atoms with Gasteiger partial charge in [0.2, 0.25) is 5.91 Å². The third-order valence-corrected chi connectivity index (χ3v) is 5.73. The number of rotatable bonds is 5. The molecule has 2 bridgehead atoms. The van der Waals surface area contributed by atoms with Crippen LogP contribution in [0.25, 0.3) is 0 Å². The zero-order valence-corrected chi connectivity index (χ0v) is 15.8. The fraction of sp³-hybridized carbons (Fsp3) is 0.273. The molecule has 29 heavy (non-hydrogen) atoms.